The van der Waals surface area contributed by atoms with Crippen molar-refractivity contribution in [3.05, 3.63) is 59.9 Å². The third-order valence-corrected chi connectivity index (χ3v) is 4.03. The lowest BCUT2D eigenvalue weighted by atomic mass is 9.93. The van der Waals surface area contributed by atoms with Crippen LogP contribution in [-0.4, -0.2) is 18.8 Å². The quantitative estimate of drug-likeness (QED) is 0.813. The van der Waals surface area contributed by atoms with Gasteiger partial charge in [0.05, 0.1) is 11.7 Å². The Morgan fingerprint density at radius 1 is 1.13 bits per heavy atom. The van der Waals surface area contributed by atoms with E-state index in [1.54, 1.807) is 24.3 Å². The highest BCUT2D eigenvalue weighted by Crippen LogP contribution is 2.38. The second-order valence-corrected chi connectivity index (χ2v) is 5.44. The molecule has 3 rings (SSSR count). The van der Waals surface area contributed by atoms with Crippen LogP contribution < -0.4 is 9.64 Å². The standard InChI is InChI=1S/C18H16FNO3/c19-14-7-5-13(6-8-14)17-11-15(22)9-10-20(17)16-3-1-2-4-18(16)23-12-21/h1-8,12,17H,9-11H2. The van der Waals surface area contributed by atoms with Crippen LogP contribution in [-0.2, 0) is 9.59 Å². The lowest BCUT2D eigenvalue weighted by Gasteiger charge is -2.37. The Morgan fingerprint density at radius 3 is 2.61 bits per heavy atom. The lowest BCUT2D eigenvalue weighted by Crippen LogP contribution is -2.37. The minimum absolute atomic E-state index is 0.171. The summed E-state index contributed by atoms with van der Waals surface area (Å²) in [6.45, 7) is 0.918. The third kappa shape index (κ3) is 3.23. The zero-order chi connectivity index (χ0) is 16.2. The third-order valence-electron chi connectivity index (χ3n) is 4.03. The molecular formula is C18H16FNO3. The first kappa shape index (κ1) is 15.2. The minimum Gasteiger partial charge on any atom is -0.427 e. The smallest absolute Gasteiger partial charge is 0.298 e. The van der Waals surface area contributed by atoms with E-state index in [0.29, 0.717) is 31.6 Å². The van der Waals surface area contributed by atoms with Gasteiger partial charge in [0.25, 0.3) is 6.47 Å². The molecule has 0 aromatic heterocycles. The van der Waals surface area contributed by atoms with E-state index < -0.39 is 0 Å². The van der Waals surface area contributed by atoms with Crippen LogP contribution in [0.3, 0.4) is 0 Å². The second-order valence-electron chi connectivity index (χ2n) is 5.44. The number of Topliss-reactive ketones (excluding diaryl/α,β-unsaturated/α-hetero) is 1. The van der Waals surface area contributed by atoms with Crippen molar-refractivity contribution in [2.75, 3.05) is 11.4 Å². The molecular weight excluding hydrogens is 297 g/mol. The molecule has 118 valence electrons. The number of carbonyl (C=O) groups excluding carboxylic acids is 2. The number of anilines is 1. The molecule has 0 saturated carbocycles. The van der Waals surface area contributed by atoms with Crippen LogP contribution in [0.1, 0.15) is 24.4 Å². The first-order valence-corrected chi connectivity index (χ1v) is 7.42. The van der Waals surface area contributed by atoms with Gasteiger partial charge in [-0.15, -0.1) is 0 Å². The molecule has 1 unspecified atom stereocenters. The SMILES string of the molecule is O=COc1ccccc1N1CCC(=O)CC1c1ccc(F)cc1. The highest BCUT2D eigenvalue weighted by atomic mass is 19.1. The fourth-order valence-corrected chi connectivity index (χ4v) is 2.95. The predicted molar refractivity (Wildman–Crippen MR) is 83.9 cm³/mol. The van der Waals surface area contributed by atoms with Crippen molar-refractivity contribution in [3.63, 3.8) is 0 Å². The minimum atomic E-state index is -0.313. The van der Waals surface area contributed by atoms with E-state index >= 15 is 0 Å². The Labute approximate surface area is 133 Å². The van der Waals surface area contributed by atoms with Gasteiger partial charge in [-0.1, -0.05) is 24.3 Å². The van der Waals surface area contributed by atoms with Gasteiger partial charge in [-0.05, 0) is 29.8 Å². The van der Waals surface area contributed by atoms with Crippen LogP contribution >= 0.6 is 0 Å². The van der Waals surface area contributed by atoms with Crippen LogP contribution in [0.2, 0.25) is 0 Å². The molecule has 1 aliphatic heterocycles. The molecule has 0 amide bonds. The maximum Gasteiger partial charge on any atom is 0.298 e. The number of benzene rings is 2. The number of para-hydroxylation sites is 2. The van der Waals surface area contributed by atoms with E-state index in [1.165, 1.54) is 12.1 Å². The number of nitrogens with zero attached hydrogens (tertiary/aromatic N) is 1. The van der Waals surface area contributed by atoms with Gasteiger partial charge in [0.2, 0.25) is 0 Å². The van der Waals surface area contributed by atoms with Crippen LogP contribution in [0, 0.1) is 5.82 Å². The molecule has 0 radical (unpaired) electrons. The van der Waals surface area contributed by atoms with Gasteiger partial charge in [-0.3, -0.25) is 9.59 Å². The molecule has 5 heteroatoms. The van der Waals surface area contributed by atoms with Gasteiger partial charge in [-0.25, -0.2) is 4.39 Å². The maximum absolute atomic E-state index is 13.2. The average molecular weight is 313 g/mol. The van der Waals surface area contributed by atoms with Crippen molar-refractivity contribution in [1.29, 1.82) is 0 Å². The zero-order valence-corrected chi connectivity index (χ0v) is 12.4. The fourth-order valence-electron chi connectivity index (χ4n) is 2.95. The van der Waals surface area contributed by atoms with Crippen molar-refractivity contribution in [2.24, 2.45) is 0 Å². The first-order chi connectivity index (χ1) is 11.2. The van der Waals surface area contributed by atoms with E-state index in [-0.39, 0.29) is 17.6 Å². The number of carbonyl (C=O) groups is 2. The summed E-state index contributed by atoms with van der Waals surface area (Å²) >= 11 is 0. The normalized spacial score (nSPS) is 17.9. The van der Waals surface area contributed by atoms with Gasteiger partial charge < -0.3 is 9.64 Å². The Kier molecular flexibility index (Phi) is 4.37. The van der Waals surface area contributed by atoms with Crippen molar-refractivity contribution in [1.82, 2.24) is 0 Å². The molecule has 23 heavy (non-hydrogen) atoms. The van der Waals surface area contributed by atoms with E-state index in [0.717, 1.165) is 11.3 Å². The van der Waals surface area contributed by atoms with E-state index in [4.69, 9.17) is 4.74 Å². The number of hydrogen-bond donors (Lipinski definition) is 0. The average Bonchev–Trinajstić information content (AvgIpc) is 2.57. The summed E-state index contributed by atoms with van der Waals surface area (Å²) in [6, 6.07) is 13.2. The van der Waals surface area contributed by atoms with Crippen LogP contribution in [0.5, 0.6) is 5.75 Å². The van der Waals surface area contributed by atoms with Crippen LogP contribution in [0.25, 0.3) is 0 Å². The Balaban J connectivity index is 1.99. The van der Waals surface area contributed by atoms with Crippen molar-refractivity contribution in [3.8, 4) is 5.75 Å². The van der Waals surface area contributed by atoms with E-state index in [1.807, 2.05) is 17.0 Å². The summed E-state index contributed by atoms with van der Waals surface area (Å²) in [5.41, 5.74) is 1.61. The maximum atomic E-state index is 13.2. The predicted octanol–water partition coefficient (Wildman–Crippen LogP) is 3.27. The fraction of sp³-hybridized carbons (Fsp3) is 0.222. The first-order valence-electron chi connectivity index (χ1n) is 7.42. The van der Waals surface area contributed by atoms with Gasteiger partial charge >= 0.3 is 0 Å². The Morgan fingerprint density at radius 2 is 1.87 bits per heavy atom. The largest absolute Gasteiger partial charge is 0.427 e. The molecule has 0 aliphatic carbocycles. The van der Waals surface area contributed by atoms with Crippen molar-refractivity contribution >= 4 is 17.9 Å². The van der Waals surface area contributed by atoms with Crippen LogP contribution in [0.15, 0.2) is 48.5 Å². The van der Waals surface area contributed by atoms with E-state index in [9.17, 15) is 14.0 Å². The number of hydrogen-bond acceptors (Lipinski definition) is 4. The summed E-state index contributed by atoms with van der Waals surface area (Å²) in [4.78, 5) is 24.7. The van der Waals surface area contributed by atoms with Gasteiger partial charge in [0.15, 0.2) is 5.75 Å². The molecule has 0 bridgehead atoms. The molecule has 1 fully saturated rings. The second kappa shape index (κ2) is 6.60. The Hall–Kier alpha value is -2.69. The molecule has 0 N–H and O–H groups in total. The summed E-state index contributed by atoms with van der Waals surface area (Å²) in [7, 11) is 0. The van der Waals surface area contributed by atoms with E-state index in [2.05, 4.69) is 0 Å². The molecule has 4 nitrogen and oxygen atoms in total. The Bertz CT molecular complexity index is 714. The molecule has 1 heterocycles. The molecule has 2 aromatic carbocycles. The zero-order valence-electron chi connectivity index (χ0n) is 12.4. The molecule has 1 aliphatic rings. The summed E-state index contributed by atoms with van der Waals surface area (Å²) < 4.78 is 18.2. The number of halogens is 1. The topological polar surface area (TPSA) is 46.6 Å². The number of rotatable bonds is 4. The summed E-state index contributed by atoms with van der Waals surface area (Å²) in [5.74, 6) is 0.306. The monoisotopic (exact) mass is 313 g/mol. The lowest BCUT2D eigenvalue weighted by molar-refractivity contribution is -0.121. The highest BCUT2D eigenvalue weighted by Gasteiger charge is 2.30. The number of piperidine rings is 1. The van der Waals surface area contributed by atoms with Gasteiger partial charge in [0, 0.05) is 19.4 Å². The molecule has 0 spiro atoms. The van der Waals surface area contributed by atoms with Crippen molar-refractivity contribution in [2.45, 2.75) is 18.9 Å². The number of ether oxygens (including phenoxy) is 1. The summed E-state index contributed by atoms with van der Waals surface area (Å²) in [5, 5.41) is 0. The highest BCUT2D eigenvalue weighted by molar-refractivity contribution is 5.82. The van der Waals surface area contributed by atoms with Crippen molar-refractivity contribution < 1.29 is 18.7 Å². The molecule has 1 atom stereocenters. The molecule has 2 aromatic rings. The van der Waals surface area contributed by atoms with Gasteiger partial charge in [-0.2, -0.15) is 0 Å². The van der Waals surface area contributed by atoms with Crippen LogP contribution in [0.4, 0.5) is 10.1 Å². The van der Waals surface area contributed by atoms with Gasteiger partial charge in [0.1, 0.15) is 11.6 Å². The number of ketones is 1. The summed E-state index contributed by atoms with van der Waals surface area (Å²) in [6.07, 6.45) is 0.786. The molecule has 1 saturated heterocycles.